The van der Waals surface area contributed by atoms with Crippen LogP contribution < -0.4 is 10.3 Å². The topological polar surface area (TPSA) is 119 Å². The van der Waals surface area contributed by atoms with E-state index in [1.807, 2.05) is 0 Å². The number of thiazole rings is 1. The first kappa shape index (κ1) is 13.4. The Hall–Kier alpha value is -2.04. The van der Waals surface area contributed by atoms with Crippen molar-refractivity contribution in [1.29, 1.82) is 0 Å². The number of nitrogens with zero attached hydrogens (tertiary/aromatic N) is 3. The SMILES string of the molecule is NN(c1ncc([N+](=O)[O-])s1)S(=O)(=O)c1ccccc1. The van der Waals surface area contributed by atoms with Crippen LogP contribution >= 0.6 is 11.3 Å². The molecule has 10 heteroatoms. The molecule has 1 aromatic carbocycles. The quantitative estimate of drug-likeness (QED) is 0.513. The summed E-state index contributed by atoms with van der Waals surface area (Å²) < 4.78 is 24.6. The van der Waals surface area contributed by atoms with Gasteiger partial charge < -0.3 is 0 Å². The second kappa shape index (κ2) is 4.91. The molecule has 0 aliphatic carbocycles. The van der Waals surface area contributed by atoms with Crippen LogP contribution in [0.25, 0.3) is 0 Å². The fraction of sp³-hybridized carbons (Fsp3) is 0. The van der Waals surface area contributed by atoms with E-state index < -0.39 is 14.9 Å². The molecular weight excluding hydrogens is 292 g/mol. The molecule has 2 aromatic rings. The van der Waals surface area contributed by atoms with Gasteiger partial charge in [0.25, 0.3) is 10.0 Å². The van der Waals surface area contributed by atoms with Crippen LogP contribution in [0.5, 0.6) is 0 Å². The van der Waals surface area contributed by atoms with Gasteiger partial charge >= 0.3 is 5.00 Å². The van der Waals surface area contributed by atoms with Crippen molar-refractivity contribution in [1.82, 2.24) is 4.98 Å². The average Bonchev–Trinajstić information content (AvgIpc) is 2.88. The van der Waals surface area contributed by atoms with Crippen molar-refractivity contribution in [2.24, 2.45) is 5.84 Å². The van der Waals surface area contributed by atoms with E-state index in [0.717, 1.165) is 6.20 Å². The summed E-state index contributed by atoms with van der Waals surface area (Å²) >= 11 is 0.582. The smallest absolute Gasteiger partial charge is 0.257 e. The van der Waals surface area contributed by atoms with Gasteiger partial charge in [0.1, 0.15) is 6.20 Å². The standard InChI is InChI=1S/C9H8N4O4S2/c10-12(9-11-6-8(18-9)13(14)15)19(16,17)7-4-2-1-3-5-7/h1-6H,10H2. The number of hydrogen-bond donors (Lipinski definition) is 1. The van der Waals surface area contributed by atoms with Crippen molar-refractivity contribution >= 4 is 31.5 Å². The van der Waals surface area contributed by atoms with Crippen molar-refractivity contribution in [3.63, 3.8) is 0 Å². The van der Waals surface area contributed by atoms with Gasteiger partial charge in [-0.1, -0.05) is 18.2 Å². The molecule has 0 radical (unpaired) electrons. The van der Waals surface area contributed by atoms with Gasteiger partial charge in [0.2, 0.25) is 5.13 Å². The molecule has 100 valence electrons. The third kappa shape index (κ3) is 2.54. The van der Waals surface area contributed by atoms with Crippen molar-refractivity contribution in [2.45, 2.75) is 4.90 Å². The lowest BCUT2D eigenvalue weighted by Gasteiger charge is -2.14. The molecule has 1 aromatic heterocycles. The second-order valence-electron chi connectivity index (χ2n) is 3.35. The molecule has 0 saturated heterocycles. The van der Waals surface area contributed by atoms with Gasteiger partial charge in [0.15, 0.2) is 0 Å². The molecule has 8 nitrogen and oxygen atoms in total. The lowest BCUT2D eigenvalue weighted by molar-refractivity contribution is -0.380. The Labute approximate surface area is 112 Å². The summed E-state index contributed by atoms with van der Waals surface area (Å²) in [5.41, 5.74) is 0. The predicted octanol–water partition coefficient (Wildman–Crippen LogP) is 1.12. The predicted molar refractivity (Wildman–Crippen MR) is 69.1 cm³/mol. The Morgan fingerprint density at radius 2 is 1.95 bits per heavy atom. The lowest BCUT2D eigenvalue weighted by Crippen LogP contribution is -2.37. The molecule has 2 N–H and O–H groups in total. The van der Waals surface area contributed by atoms with E-state index >= 15 is 0 Å². The van der Waals surface area contributed by atoms with Crippen molar-refractivity contribution in [3.8, 4) is 0 Å². The maximum Gasteiger partial charge on any atom is 0.345 e. The van der Waals surface area contributed by atoms with Gasteiger partial charge in [-0.05, 0) is 23.5 Å². The minimum absolute atomic E-state index is 0.0182. The summed E-state index contributed by atoms with van der Waals surface area (Å²) in [5, 5.41) is 10.1. The number of anilines is 1. The Morgan fingerprint density at radius 1 is 1.32 bits per heavy atom. The summed E-state index contributed by atoms with van der Waals surface area (Å²) in [4.78, 5) is 13.5. The molecule has 2 rings (SSSR count). The first-order chi connectivity index (χ1) is 8.93. The zero-order valence-corrected chi connectivity index (χ0v) is 11.0. The highest BCUT2D eigenvalue weighted by Gasteiger charge is 2.26. The van der Waals surface area contributed by atoms with E-state index in [4.69, 9.17) is 5.84 Å². The number of nitro groups is 1. The first-order valence-corrected chi connectivity index (χ1v) is 7.14. The molecule has 0 aliphatic heterocycles. The lowest BCUT2D eigenvalue weighted by atomic mass is 10.4. The van der Waals surface area contributed by atoms with Crippen LogP contribution in [0.4, 0.5) is 10.1 Å². The zero-order valence-electron chi connectivity index (χ0n) is 9.33. The van der Waals surface area contributed by atoms with Crippen LogP contribution in [0.3, 0.4) is 0 Å². The monoisotopic (exact) mass is 300 g/mol. The summed E-state index contributed by atoms with van der Waals surface area (Å²) in [6.07, 6.45) is 0.959. The Morgan fingerprint density at radius 3 is 2.47 bits per heavy atom. The van der Waals surface area contributed by atoms with E-state index in [0.29, 0.717) is 15.8 Å². The third-order valence-corrected chi connectivity index (χ3v) is 4.77. The maximum atomic E-state index is 12.1. The molecule has 0 atom stereocenters. The van der Waals surface area contributed by atoms with Crippen LogP contribution in [0.15, 0.2) is 41.4 Å². The molecule has 0 amide bonds. The minimum Gasteiger partial charge on any atom is -0.257 e. The molecule has 0 fully saturated rings. The Balaban J connectivity index is 2.38. The van der Waals surface area contributed by atoms with Gasteiger partial charge in [-0.2, -0.15) is 12.8 Å². The van der Waals surface area contributed by atoms with Crippen LogP contribution in [0.2, 0.25) is 0 Å². The van der Waals surface area contributed by atoms with Gasteiger partial charge in [0, 0.05) is 0 Å². The number of hydrazine groups is 1. The molecule has 0 spiro atoms. The third-order valence-electron chi connectivity index (χ3n) is 2.15. The van der Waals surface area contributed by atoms with Gasteiger partial charge in [0.05, 0.1) is 9.82 Å². The normalized spacial score (nSPS) is 11.2. The van der Waals surface area contributed by atoms with E-state index in [2.05, 4.69) is 4.98 Å². The molecule has 19 heavy (non-hydrogen) atoms. The van der Waals surface area contributed by atoms with Crippen molar-refractivity contribution < 1.29 is 13.3 Å². The van der Waals surface area contributed by atoms with Crippen LogP contribution in [0.1, 0.15) is 0 Å². The van der Waals surface area contributed by atoms with E-state index in [1.54, 1.807) is 18.2 Å². The number of benzene rings is 1. The van der Waals surface area contributed by atoms with Crippen molar-refractivity contribution in [2.75, 3.05) is 4.41 Å². The summed E-state index contributed by atoms with van der Waals surface area (Å²) in [6, 6.07) is 7.50. The van der Waals surface area contributed by atoms with E-state index in [-0.39, 0.29) is 15.0 Å². The Bertz CT molecular complexity index is 698. The zero-order chi connectivity index (χ0) is 14.0. The number of hydrogen-bond acceptors (Lipinski definition) is 7. The summed E-state index contributed by atoms with van der Waals surface area (Å²) in [5.74, 6) is 5.49. The highest BCUT2D eigenvalue weighted by atomic mass is 32.2. The van der Waals surface area contributed by atoms with Gasteiger partial charge in [-0.25, -0.2) is 10.8 Å². The van der Waals surface area contributed by atoms with E-state index in [9.17, 15) is 18.5 Å². The number of sulfonamides is 1. The van der Waals surface area contributed by atoms with Crippen LogP contribution in [0, 0.1) is 10.1 Å². The summed E-state index contributed by atoms with van der Waals surface area (Å²) in [6.45, 7) is 0. The van der Waals surface area contributed by atoms with Crippen LogP contribution in [-0.2, 0) is 10.0 Å². The number of nitrogens with two attached hydrogens (primary N) is 1. The van der Waals surface area contributed by atoms with Crippen molar-refractivity contribution in [3.05, 3.63) is 46.6 Å². The molecule has 0 bridgehead atoms. The highest BCUT2D eigenvalue weighted by molar-refractivity contribution is 7.93. The molecular formula is C9H8N4O4S2. The second-order valence-corrected chi connectivity index (χ2v) is 6.15. The minimum atomic E-state index is -3.97. The maximum absolute atomic E-state index is 12.1. The molecule has 1 heterocycles. The molecule has 0 unspecified atom stereocenters. The van der Waals surface area contributed by atoms with E-state index in [1.165, 1.54) is 12.1 Å². The molecule has 0 aliphatic rings. The van der Waals surface area contributed by atoms with Gasteiger partial charge in [-0.3, -0.25) is 10.1 Å². The van der Waals surface area contributed by atoms with Gasteiger partial charge in [-0.15, -0.1) is 0 Å². The number of aromatic nitrogens is 1. The fourth-order valence-corrected chi connectivity index (χ4v) is 3.20. The number of rotatable bonds is 4. The highest BCUT2D eigenvalue weighted by Crippen LogP contribution is 2.29. The van der Waals surface area contributed by atoms with Crippen LogP contribution in [-0.4, -0.2) is 18.3 Å². The first-order valence-electron chi connectivity index (χ1n) is 4.88. The summed E-state index contributed by atoms with van der Waals surface area (Å²) in [7, 11) is -3.97. The molecule has 0 saturated carbocycles. The Kier molecular flexibility index (Phi) is 3.46. The average molecular weight is 300 g/mol. The largest absolute Gasteiger partial charge is 0.345 e. The fourth-order valence-electron chi connectivity index (χ4n) is 1.25.